The third-order valence-corrected chi connectivity index (χ3v) is 4.71. The quantitative estimate of drug-likeness (QED) is 0.617. The van der Waals surface area contributed by atoms with Crippen LogP contribution >= 0.6 is 8.88 Å². The highest BCUT2D eigenvalue weighted by Crippen LogP contribution is 2.30. The van der Waals surface area contributed by atoms with Gasteiger partial charge in [0.05, 0.1) is 0 Å². The summed E-state index contributed by atoms with van der Waals surface area (Å²) < 4.78 is 5.16. The van der Waals surface area contributed by atoms with Gasteiger partial charge in [0, 0.05) is 33.6 Å². The molecule has 0 fully saturated rings. The van der Waals surface area contributed by atoms with Crippen LogP contribution in [0.1, 0.15) is 54.9 Å². The van der Waals surface area contributed by atoms with Gasteiger partial charge < -0.3 is 0 Å². The lowest BCUT2D eigenvalue weighted by atomic mass is 10.3. The molecule has 1 unspecified atom stereocenters. The maximum Gasteiger partial charge on any atom is 0.0247 e. The van der Waals surface area contributed by atoms with E-state index in [4.69, 9.17) is 0 Å². The fraction of sp³-hybridized carbons (Fsp3) is 1.00. The zero-order valence-electron chi connectivity index (χ0n) is 11.5. The molecule has 2 nitrogen and oxygen atoms in total. The molecule has 0 aliphatic carbocycles. The van der Waals surface area contributed by atoms with Gasteiger partial charge in [0.15, 0.2) is 0 Å². The van der Waals surface area contributed by atoms with Gasteiger partial charge in [0.1, 0.15) is 0 Å². The average molecular weight is 232 g/mol. The minimum absolute atomic E-state index is 0.640. The van der Waals surface area contributed by atoms with Crippen molar-refractivity contribution in [2.24, 2.45) is 0 Å². The Morgan fingerprint density at radius 1 is 0.867 bits per heavy atom. The molecule has 92 valence electrons. The fourth-order valence-electron chi connectivity index (χ4n) is 1.64. The summed E-state index contributed by atoms with van der Waals surface area (Å²) in [5, 5.41) is 0. The molecule has 0 radical (unpaired) electrons. The smallest absolute Gasteiger partial charge is 0.0247 e. The van der Waals surface area contributed by atoms with Gasteiger partial charge in [-0.1, -0.05) is 6.92 Å². The molecule has 0 heterocycles. The summed E-state index contributed by atoms with van der Waals surface area (Å²) in [4.78, 5) is 0. The third-order valence-electron chi connectivity index (χ3n) is 2.44. The van der Waals surface area contributed by atoms with Gasteiger partial charge in [-0.25, -0.2) is 0 Å². The highest BCUT2D eigenvalue weighted by atomic mass is 31.1. The van der Waals surface area contributed by atoms with Crippen LogP contribution in [0.4, 0.5) is 0 Å². The molecule has 0 spiro atoms. The molecule has 0 amide bonds. The van der Waals surface area contributed by atoms with E-state index in [1.165, 1.54) is 13.0 Å². The lowest BCUT2D eigenvalue weighted by Crippen LogP contribution is -2.36. The van der Waals surface area contributed by atoms with Gasteiger partial charge in [-0.2, -0.15) is 0 Å². The molecule has 3 heteroatoms. The van der Waals surface area contributed by atoms with E-state index in [1.807, 2.05) is 0 Å². The second-order valence-corrected chi connectivity index (χ2v) is 6.27. The SMILES string of the molecule is CCCN(PN(C(C)C)C(C)C)C(C)C. The van der Waals surface area contributed by atoms with Crippen LogP contribution in [0, 0.1) is 0 Å². The summed E-state index contributed by atoms with van der Waals surface area (Å²) in [7, 11) is 0.829. The largest absolute Gasteiger partial charge is 0.270 e. The molecule has 0 aliphatic heterocycles. The maximum atomic E-state index is 2.58. The molecule has 0 saturated heterocycles. The van der Waals surface area contributed by atoms with E-state index in [0.717, 1.165) is 8.88 Å². The van der Waals surface area contributed by atoms with E-state index in [9.17, 15) is 0 Å². The summed E-state index contributed by atoms with van der Waals surface area (Å²) in [6.07, 6.45) is 1.25. The van der Waals surface area contributed by atoms with Crippen molar-refractivity contribution < 1.29 is 0 Å². The van der Waals surface area contributed by atoms with Gasteiger partial charge in [-0.15, -0.1) is 0 Å². The van der Waals surface area contributed by atoms with Crippen LogP contribution in [-0.4, -0.2) is 34.0 Å². The Kier molecular flexibility index (Phi) is 7.77. The Hall–Kier alpha value is 0.350. The van der Waals surface area contributed by atoms with Gasteiger partial charge in [0.2, 0.25) is 0 Å². The maximum absolute atomic E-state index is 2.58. The second kappa shape index (κ2) is 7.60. The first-order valence-corrected chi connectivity index (χ1v) is 7.10. The van der Waals surface area contributed by atoms with Crippen molar-refractivity contribution in [3.8, 4) is 0 Å². The highest BCUT2D eigenvalue weighted by Gasteiger charge is 2.18. The molecule has 0 rings (SSSR count). The second-order valence-electron chi connectivity index (χ2n) is 4.98. The molecule has 15 heavy (non-hydrogen) atoms. The highest BCUT2D eigenvalue weighted by molar-refractivity contribution is 7.32. The Labute approximate surface area is 98.3 Å². The van der Waals surface area contributed by atoms with Crippen LogP contribution < -0.4 is 0 Å². The first-order valence-electron chi connectivity index (χ1n) is 6.21. The summed E-state index contributed by atoms with van der Waals surface area (Å²) in [5.74, 6) is 0. The number of hydrogen-bond donors (Lipinski definition) is 0. The molecule has 0 N–H and O–H groups in total. The van der Waals surface area contributed by atoms with Crippen molar-refractivity contribution in [1.29, 1.82) is 0 Å². The van der Waals surface area contributed by atoms with E-state index < -0.39 is 0 Å². The lowest BCUT2D eigenvalue weighted by molar-refractivity contribution is 0.289. The van der Waals surface area contributed by atoms with Crippen molar-refractivity contribution in [2.75, 3.05) is 6.54 Å². The molecule has 0 aromatic rings. The minimum Gasteiger partial charge on any atom is -0.270 e. The summed E-state index contributed by atoms with van der Waals surface area (Å²) in [5.41, 5.74) is 0. The van der Waals surface area contributed by atoms with Crippen LogP contribution in [0.2, 0.25) is 0 Å². The molecule has 1 atom stereocenters. The van der Waals surface area contributed by atoms with Crippen LogP contribution in [0.5, 0.6) is 0 Å². The van der Waals surface area contributed by atoms with E-state index in [-0.39, 0.29) is 0 Å². The third kappa shape index (κ3) is 5.85. The normalized spacial score (nSPS) is 13.6. The molecule has 0 saturated carbocycles. The summed E-state index contributed by atoms with van der Waals surface area (Å²) >= 11 is 0. The fourth-order valence-corrected chi connectivity index (χ4v) is 2.95. The predicted octanol–water partition coefficient (Wildman–Crippen LogP) is 3.73. The standard InChI is InChI=1S/C12H29N2P/c1-8-9-13(10(2)3)15-14(11(4)5)12(6)7/h10-12,15H,8-9H2,1-7H3. The van der Waals surface area contributed by atoms with Crippen molar-refractivity contribution in [3.05, 3.63) is 0 Å². The van der Waals surface area contributed by atoms with E-state index in [0.29, 0.717) is 18.1 Å². The van der Waals surface area contributed by atoms with Crippen molar-refractivity contribution in [3.63, 3.8) is 0 Å². The lowest BCUT2D eigenvalue weighted by Gasteiger charge is -2.37. The van der Waals surface area contributed by atoms with Gasteiger partial charge in [0.25, 0.3) is 0 Å². The van der Waals surface area contributed by atoms with Crippen molar-refractivity contribution in [1.82, 2.24) is 9.34 Å². The zero-order chi connectivity index (χ0) is 12.0. The number of nitrogens with zero attached hydrogens (tertiary/aromatic N) is 2. The van der Waals surface area contributed by atoms with Crippen LogP contribution in [0.3, 0.4) is 0 Å². The van der Waals surface area contributed by atoms with Gasteiger partial charge >= 0.3 is 0 Å². The van der Waals surface area contributed by atoms with Crippen LogP contribution in [0.25, 0.3) is 0 Å². The van der Waals surface area contributed by atoms with Crippen LogP contribution in [-0.2, 0) is 0 Å². The molecular weight excluding hydrogens is 203 g/mol. The average Bonchev–Trinajstić information content (AvgIpc) is 2.10. The van der Waals surface area contributed by atoms with Gasteiger partial charge in [-0.3, -0.25) is 9.34 Å². The molecule has 0 bridgehead atoms. The topological polar surface area (TPSA) is 6.48 Å². The van der Waals surface area contributed by atoms with Crippen molar-refractivity contribution in [2.45, 2.75) is 73.0 Å². The van der Waals surface area contributed by atoms with Gasteiger partial charge in [-0.05, 0) is 48.0 Å². The number of hydrogen-bond acceptors (Lipinski definition) is 2. The Balaban J connectivity index is 4.33. The predicted molar refractivity (Wildman–Crippen MR) is 72.6 cm³/mol. The molecule has 0 aromatic carbocycles. The first-order chi connectivity index (χ1) is 6.90. The Morgan fingerprint density at radius 2 is 1.33 bits per heavy atom. The first kappa shape index (κ1) is 15.3. The van der Waals surface area contributed by atoms with Crippen LogP contribution in [0.15, 0.2) is 0 Å². The number of rotatable bonds is 7. The van der Waals surface area contributed by atoms with E-state index in [1.54, 1.807) is 0 Å². The van der Waals surface area contributed by atoms with Crippen molar-refractivity contribution >= 4 is 8.88 Å². The Morgan fingerprint density at radius 3 is 1.60 bits per heavy atom. The Bertz CT molecular complexity index is 150. The van der Waals surface area contributed by atoms with E-state index >= 15 is 0 Å². The molecule has 0 aromatic heterocycles. The molecule has 0 aliphatic rings. The molecular formula is C12H29N2P. The summed E-state index contributed by atoms with van der Waals surface area (Å²) in [6.45, 7) is 17.2. The van der Waals surface area contributed by atoms with E-state index in [2.05, 4.69) is 57.8 Å². The zero-order valence-corrected chi connectivity index (χ0v) is 12.5. The summed E-state index contributed by atoms with van der Waals surface area (Å²) in [6, 6.07) is 1.94. The monoisotopic (exact) mass is 232 g/mol. The minimum atomic E-state index is 0.640.